The Bertz CT molecular complexity index is 400. The third-order valence-electron chi connectivity index (χ3n) is 3.54. The summed E-state index contributed by atoms with van der Waals surface area (Å²) in [6.45, 7) is 2.57. The molecule has 1 aromatic rings. The quantitative estimate of drug-likeness (QED) is 0.853. The van der Waals surface area contributed by atoms with Crippen LogP contribution in [0.25, 0.3) is 0 Å². The fourth-order valence-corrected chi connectivity index (χ4v) is 2.77. The zero-order valence-electron chi connectivity index (χ0n) is 10.6. The predicted molar refractivity (Wildman–Crippen MR) is 71.5 cm³/mol. The fraction of sp³-hybridized carbons (Fsp3) is 0.692. The van der Waals surface area contributed by atoms with Crippen molar-refractivity contribution in [2.45, 2.75) is 44.4 Å². The van der Waals surface area contributed by atoms with E-state index in [-0.39, 0.29) is 11.2 Å². The summed E-state index contributed by atoms with van der Waals surface area (Å²) in [5.74, 6) is 0.373. The van der Waals surface area contributed by atoms with Gasteiger partial charge in [-0.25, -0.2) is 14.4 Å². The van der Waals surface area contributed by atoms with Gasteiger partial charge in [-0.15, -0.1) is 11.6 Å². The Hall–Kier alpha value is -0.900. The second kappa shape index (κ2) is 6.32. The lowest BCUT2D eigenvalue weighted by Crippen LogP contribution is -2.27. The van der Waals surface area contributed by atoms with Gasteiger partial charge in [0.25, 0.3) is 0 Å². The minimum absolute atomic E-state index is 0.196. The van der Waals surface area contributed by atoms with Crippen LogP contribution in [-0.4, -0.2) is 21.9 Å². The molecule has 1 aromatic heterocycles. The molecule has 0 spiro atoms. The number of anilines is 1. The summed E-state index contributed by atoms with van der Waals surface area (Å²) >= 11 is 6.28. The van der Waals surface area contributed by atoms with E-state index in [0.29, 0.717) is 30.4 Å². The van der Waals surface area contributed by atoms with Gasteiger partial charge in [0, 0.05) is 11.9 Å². The molecule has 100 valence electrons. The van der Waals surface area contributed by atoms with Crippen LogP contribution < -0.4 is 5.32 Å². The lowest BCUT2D eigenvalue weighted by atomic mass is 9.89. The van der Waals surface area contributed by atoms with Crippen molar-refractivity contribution in [3.8, 4) is 0 Å². The Morgan fingerprint density at radius 2 is 2.17 bits per heavy atom. The topological polar surface area (TPSA) is 37.8 Å². The Balaban J connectivity index is 1.97. The molecule has 0 aromatic carbocycles. The molecule has 18 heavy (non-hydrogen) atoms. The number of hydrogen-bond donors (Lipinski definition) is 1. The molecule has 3 nitrogen and oxygen atoms in total. The highest BCUT2D eigenvalue weighted by atomic mass is 35.5. The van der Waals surface area contributed by atoms with Gasteiger partial charge in [0.1, 0.15) is 6.33 Å². The summed E-state index contributed by atoms with van der Waals surface area (Å²) < 4.78 is 13.9. The van der Waals surface area contributed by atoms with E-state index in [1.165, 1.54) is 19.2 Å². The van der Waals surface area contributed by atoms with Crippen molar-refractivity contribution < 1.29 is 4.39 Å². The van der Waals surface area contributed by atoms with Crippen LogP contribution in [0.4, 0.5) is 10.2 Å². The van der Waals surface area contributed by atoms with Crippen LogP contribution in [-0.2, 0) is 6.42 Å². The van der Waals surface area contributed by atoms with Crippen molar-refractivity contribution in [2.75, 3.05) is 11.9 Å². The number of hydrogen-bond acceptors (Lipinski definition) is 3. The van der Waals surface area contributed by atoms with Gasteiger partial charge in [-0.05, 0) is 25.2 Å². The van der Waals surface area contributed by atoms with Crippen molar-refractivity contribution in [3.05, 3.63) is 17.8 Å². The van der Waals surface area contributed by atoms with Crippen LogP contribution in [0.15, 0.2) is 6.33 Å². The maximum absolute atomic E-state index is 13.9. The number of rotatable bonds is 4. The number of aromatic nitrogens is 2. The Kier molecular flexibility index (Phi) is 4.75. The number of alkyl halides is 1. The van der Waals surface area contributed by atoms with E-state index in [1.54, 1.807) is 0 Å². The normalized spacial score (nSPS) is 23.9. The predicted octanol–water partition coefficient (Wildman–Crippen LogP) is 3.39. The molecule has 1 heterocycles. The summed E-state index contributed by atoms with van der Waals surface area (Å²) in [5, 5.41) is 3.27. The molecule has 0 amide bonds. The molecular weight excluding hydrogens is 253 g/mol. The number of halogens is 2. The van der Waals surface area contributed by atoms with Gasteiger partial charge in [-0.2, -0.15) is 0 Å². The van der Waals surface area contributed by atoms with Gasteiger partial charge in [0.15, 0.2) is 11.6 Å². The zero-order valence-corrected chi connectivity index (χ0v) is 11.4. The highest BCUT2D eigenvalue weighted by Gasteiger charge is 2.23. The van der Waals surface area contributed by atoms with Crippen LogP contribution in [0.1, 0.15) is 38.3 Å². The van der Waals surface area contributed by atoms with Gasteiger partial charge in [-0.1, -0.05) is 19.8 Å². The van der Waals surface area contributed by atoms with Gasteiger partial charge in [0.2, 0.25) is 0 Å². The van der Waals surface area contributed by atoms with Gasteiger partial charge in [0.05, 0.1) is 5.69 Å². The first-order chi connectivity index (χ1) is 8.72. The molecule has 1 saturated carbocycles. The molecular formula is C13H19ClFN3. The number of nitrogens with zero attached hydrogens (tertiary/aromatic N) is 2. The molecule has 5 heteroatoms. The average Bonchev–Trinajstić information content (AvgIpc) is 2.39. The lowest BCUT2D eigenvalue weighted by molar-refractivity contribution is 0.380. The molecule has 1 N–H and O–H groups in total. The minimum Gasteiger partial charge on any atom is -0.367 e. The van der Waals surface area contributed by atoms with Crippen LogP contribution in [0.3, 0.4) is 0 Å². The SMILES string of the molecule is CCc1ncnc(NCC2CCCCC2Cl)c1F. The first-order valence-electron chi connectivity index (χ1n) is 6.59. The lowest BCUT2D eigenvalue weighted by Gasteiger charge is -2.27. The first-order valence-corrected chi connectivity index (χ1v) is 7.03. The van der Waals surface area contributed by atoms with E-state index >= 15 is 0 Å². The molecule has 0 aliphatic heterocycles. The largest absolute Gasteiger partial charge is 0.367 e. The summed E-state index contributed by atoms with van der Waals surface area (Å²) in [4.78, 5) is 7.87. The Morgan fingerprint density at radius 1 is 1.39 bits per heavy atom. The van der Waals surface area contributed by atoms with E-state index in [2.05, 4.69) is 15.3 Å². The minimum atomic E-state index is -0.332. The average molecular weight is 272 g/mol. The molecule has 1 aliphatic rings. The summed E-state index contributed by atoms with van der Waals surface area (Å²) in [6, 6.07) is 0. The van der Waals surface area contributed by atoms with Crippen LogP contribution in [0, 0.1) is 11.7 Å². The maximum atomic E-state index is 13.9. The standard InChI is InChI=1S/C13H19ClFN3/c1-2-11-12(15)13(18-8-17-11)16-7-9-5-3-4-6-10(9)14/h8-10H,2-7H2,1H3,(H,16,17,18). The molecule has 2 atom stereocenters. The smallest absolute Gasteiger partial charge is 0.186 e. The Morgan fingerprint density at radius 3 is 2.89 bits per heavy atom. The highest BCUT2D eigenvalue weighted by molar-refractivity contribution is 6.20. The maximum Gasteiger partial charge on any atom is 0.186 e. The highest BCUT2D eigenvalue weighted by Crippen LogP contribution is 2.29. The van der Waals surface area contributed by atoms with Gasteiger partial charge >= 0.3 is 0 Å². The fourth-order valence-electron chi connectivity index (χ4n) is 2.40. The second-order valence-electron chi connectivity index (χ2n) is 4.78. The van der Waals surface area contributed by atoms with Gasteiger partial charge < -0.3 is 5.32 Å². The zero-order chi connectivity index (χ0) is 13.0. The number of aryl methyl sites for hydroxylation is 1. The molecule has 2 rings (SSSR count). The molecule has 0 bridgehead atoms. The molecule has 2 unspecified atom stereocenters. The van der Waals surface area contributed by atoms with E-state index in [0.717, 1.165) is 12.8 Å². The third kappa shape index (κ3) is 3.10. The summed E-state index contributed by atoms with van der Waals surface area (Å²) in [6.07, 6.45) is 6.55. The molecule has 1 fully saturated rings. The summed E-state index contributed by atoms with van der Waals surface area (Å²) in [7, 11) is 0. The summed E-state index contributed by atoms with van der Waals surface area (Å²) in [5.41, 5.74) is 0.457. The first kappa shape index (κ1) is 13.5. The third-order valence-corrected chi connectivity index (χ3v) is 4.12. The van der Waals surface area contributed by atoms with Crippen molar-refractivity contribution in [3.63, 3.8) is 0 Å². The Labute approximate surface area is 112 Å². The van der Waals surface area contributed by atoms with Gasteiger partial charge in [-0.3, -0.25) is 0 Å². The molecule has 1 aliphatic carbocycles. The van der Waals surface area contributed by atoms with E-state index in [9.17, 15) is 4.39 Å². The second-order valence-corrected chi connectivity index (χ2v) is 5.34. The van der Waals surface area contributed by atoms with Crippen molar-refractivity contribution in [2.24, 2.45) is 5.92 Å². The molecule has 0 saturated heterocycles. The van der Waals surface area contributed by atoms with Crippen molar-refractivity contribution >= 4 is 17.4 Å². The monoisotopic (exact) mass is 271 g/mol. The number of nitrogens with one attached hydrogen (secondary N) is 1. The van der Waals surface area contributed by atoms with E-state index < -0.39 is 0 Å². The van der Waals surface area contributed by atoms with E-state index in [1.807, 2.05) is 6.92 Å². The molecule has 0 radical (unpaired) electrons. The van der Waals surface area contributed by atoms with Crippen LogP contribution >= 0.6 is 11.6 Å². The van der Waals surface area contributed by atoms with E-state index in [4.69, 9.17) is 11.6 Å². The van der Waals surface area contributed by atoms with Crippen LogP contribution in [0.2, 0.25) is 0 Å². The van der Waals surface area contributed by atoms with Crippen LogP contribution in [0.5, 0.6) is 0 Å². The van der Waals surface area contributed by atoms with Crippen molar-refractivity contribution in [1.82, 2.24) is 9.97 Å². The van der Waals surface area contributed by atoms with Crippen molar-refractivity contribution in [1.29, 1.82) is 0 Å².